The lowest BCUT2D eigenvalue weighted by Gasteiger charge is -2.17. The highest BCUT2D eigenvalue weighted by molar-refractivity contribution is 7.08. The van der Waals surface area contributed by atoms with E-state index in [4.69, 9.17) is 0 Å². The van der Waals surface area contributed by atoms with E-state index in [1.54, 1.807) is 22.2 Å². The zero-order chi connectivity index (χ0) is 18.2. The summed E-state index contributed by atoms with van der Waals surface area (Å²) >= 11 is 1.59. The van der Waals surface area contributed by atoms with Crippen LogP contribution in [0, 0.1) is 0 Å². The molecular weight excluding hydrogens is 348 g/mol. The van der Waals surface area contributed by atoms with E-state index in [0.29, 0.717) is 13.1 Å². The highest BCUT2D eigenvalue weighted by Gasteiger charge is 2.19. The van der Waals surface area contributed by atoms with Gasteiger partial charge in [-0.2, -0.15) is 16.4 Å². The molecule has 0 spiro atoms. The Morgan fingerprint density at radius 1 is 1.27 bits per heavy atom. The fraction of sp³-hybridized carbons (Fsp3) is 0.421. The summed E-state index contributed by atoms with van der Waals surface area (Å²) in [6.07, 6.45) is 11.3. The number of hydrogen-bond acceptors (Lipinski definition) is 4. The Balaban J connectivity index is 1.47. The molecule has 0 saturated carbocycles. The lowest BCUT2D eigenvalue weighted by Crippen LogP contribution is -2.42. The first-order valence-electron chi connectivity index (χ1n) is 8.99. The summed E-state index contributed by atoms with van der Waals surface area (Å²) in [7, 11) is 0. The van der Waals surface area contributed by atoms with Crippen molar-refractivity contribution in [2.75, 3.05) is 13.1 Å². The number of thiophene rings is 1. The van der Waals surface area contributed by atoms with Gasteiger partial charge in [-0.15, -0.1) is 0 Å². The van der Waals surface area contributed by atoms with Crippen LogP contribution in [0.2, 0.25) is 0 Å². The summed E-state index contributed by atoms with van der Waals surface area (Å²) in [5.74, 6) is -1.18. The van der Waals surface area contributed by atoms with Crippen molar-refractivity contribution < 1.29 is 9.59 Å². The lowest BCUT2D eigenvalue weighted by molar-refractivity contribution is -0.139. The van der Waals surface area contributed by atoms with Crippen molar-refractivity contribution in [1.82, 2.24) is 20.4 Å². The van der Waals surface area contributed by atoms with Crippen LogP contribution in [0.1, 0.15) is 43.7 Å². The fourth-order valence-electron chi connectivity index (χ4n) is 3.11. The molecule has 2 aromatic rings. The minimum absolute atomic E-state index is 0.125. The van der Waals surface area contributed by atoms with Crippen LogP contribution < -0.4 is 10.6 Å². The molecule has 1 unspecified atom stereocenters. The number of nitrogens with zero attached hydrogens (tertiary/aromatic N) is 2. The van der Waals surface area contributed by atoms with Crippen LogP contribution in [0.4, 0.5) is 0 Å². The van der Waals surface area contributed by atoms with Crippen molar-refractivity contribution in [2.45, 2.75) is 38.1 Å². The number of rotatable bonds is 7. The number of carbonyl (C=O) groups excluding carboxylic acids is 2. The second-order valence-corrected chi connectivity index (χ2v) is 7.16. The average Bonchev–Trinajstić information content (AvgIpc) is 3.37. The van der Waals surface area contributed by atoms with Gasteiger partial charge in [-0.1, -0.05) is 11.6 Å². The monoisotopic (exact) mass is 372 g/mol. The molecule has 0 radical (unpaired) electrons. The first-order chi connectivity index (χ1) is 12.7. The normalized spacial score (nSPS) is 15.2. The molecule has 2 amide bonds. The molecule has 138 valence electrons. The van der Waals surface area contributed by atoms with E-state index in [1.165, 1.54) is 18.4 Å². The van der Waals surface area contributed by atoms with Crippen LogP contribution in [0.5, 0.6) is 0 Å². The van der Waals surface area contributed by atoms with E-state index in [1.807, 2.05) is 29.1 Å². The molecular formula is C19H24N4O2S. The van der Waals surface area contributed by atoms with E-state index < -0.39 is 11.8 Å². The fourth-order valence-corrected chi connectivity index (χ4v) is 3.82. The van der Waals surface area contributed by atoms with Crippen molar-refractivity contribution in [3.8, 4) is 0 Å². The van der Waals surface area contributed by atoms with Gasteiger partial charge in [0.15, 0.2) is 0 Å². The largest absolute Gasteiger partial charge is 0.348 e. The minimum atomic E-state index is -0.602. The minimum Gasteiger partial charge on any atom is -0.348 e. The maximum Gasteiger partial charge on any atom is 0.309 e. The molecule has 1 aliphatic rings. The molecule has 1 atom stereocenters. The number of amides is 2. The second kappa shape index (κ2) is 9.33. The van der Waals surface area contributed by atoms with Crippen LogP contribution in [-0.2, 0) is 9.59 Å². The number of carbonyl (C=O) groups is 2. The van der Waals surface area contributed by atoms with Crippen molar-refractivity contribution in [3.63, 3.8) is 0 Å². The molecule has 2 N–H and O–H groups in total. The smallest absolute Gasteiger partial charge is 0.309 e. The molecule has 2 heterocycles. The maximum absolute atomic E-state index is 12.1. The van der Waals surface area contributed by atoms with E-state index >= 15 is 0 Å². The Hall–Kier alpha value is -2.41. The van der Waals surface area contributed by atoms with E-state index in [-0.39, 0.29) is 6.04 Å². The predicted octanol–water partition coefficient (Wildman–Crippen LogP) is 2.66. The van der Waals surface area contributed by atoms with Gasteiger partial charge in [-0.3, -0.25) is 14.3 Å². The van der Waals surface area contributed by atoms with Crippen molar-refractivity contribution >= 4 is 23.2 Å². The number of nitrogens with one attached hydrogen (secondary N) is 2. The van der Waals surface area contributed by atoms with Gasteiger partial charge >= 0.3 is 11.8 Å². The SMILES string of the molecule is O=C(NCCC1=CCCCC1)C(=O)NCC(c1ccsc1)n1cccn1. The third-order valence-electron chi connectivity index (χ3n) is 4.55. The Labute approximate surface area is 157 Å². The Morgan fingerprint density at radius 2 is 2.15 bits per heavy atom. The van der Waals surface area contributed by atoms with Crippen LogP contribution in [0.3, 0.4) is 0 Å². The predicted molar refractivity (Wildman–Crippen MR) is 102 cm³/mol. The van der Waals surface area contributed by atoms with Gasteiger partial charge < -0.3 is 10.6 Å². The summed E-state index contributed by atoms with van der Waals surface area (Å²) in [5, 5.41) is 13.7. The van der Waals surface area contributed by atoms with Crippen LogP contribution >= 0.6 is 11.3 Å². The second-order valence-electron chi connectivity index (χ2n) is 6.38. The van der Waals surface area contributed by atoms with Crippen LogP contribution in [0.25, 0.3) is 0 Å². The molecule has 6 nitrogen and oxygen atoms in total. The van der Waals surface area contributed by atoms with Gasteiger partial charge in [0.05, 0.1) is 6.04 Å². The first-order valence-corrected chi connectivity index (χ1v) is 9.93. The molecule has 1 aliphatic carbocycles. The Kier molecular flexibility index (Phi) is 6.60. The summed E-state index contributed by atoms with van der Waals surface area (Å²) < 4.78 is 1.79. The molecule has 0 bridgehead atoms. The van der Waals surface area contributed by atoms with E-state index in [2.05, 4.69) is 21.8 Å². The van der Waals surface area contributed by atoms with Crippen molar-refractivity contribution in [3.05, 3.63) is 52.5 Å². The van der Waals surface area contributed by atoms with Crippen molar-refractivity contribution in [2.24, 2.45) is 0 Å². The Bertz CT molecular complexity index is 703. The number of allylic oxidation sites excluding steroid dienone is 1. The Morgan fingerprint density at radius 3 is 2.85 bits per heavy atom. The number of aromatic nitrogens is 2. The molecule has 0 fully saturated rings. The summed E-state index contributed by atoms with van der Waals surface area (Å²) in [6, 6.07) is 3.72. The average molecular weight is 372 g/mol. The van der Waals surface area contributed by atoms with Crippen LogP contribution in [-0.4, -0.2) is 34.7 Å². The highest BCUT2D eigenvalue weighted by atomic mass is 32.1. The van der Waals surface area contributed by atoms with E-state index in [0.717, 1.165) is 24.8 Å². The molecule has 3 rings (SSSR count). The maximum atomic E-state index is 12.1. The molecule has 2 aromatic heterocycles. The topological polar surface area (TPSA) is 76.0 Å². The molecule has 0 aromatic carbocycles. The van der Waals surface area contributed by atoms with Crippen LogP contribution in [0.15, 0.2) is 46.9 Å². The van der Waals surface area contributed by atoms with Gasteiger partial charge in [-0.25, -0.2) is 0 Å². The molecule has 7 heteroatoms. The zero-order valence-corrected chi connectivity index (χ0v) is 15.5. The van der Waals surface area contributed by atoms with Gasteiger partial charge in [0.2, 0.25) is 0 Å². The molecule has 0 saturated heterocycles. The van der Waals surface area contributed by atoms with Gasteiger partial charge in [0, 0.05) is 25.5 Å². The third-order valence-corrected chi connectivity index (χ3v) is 5.25. The van der Waals surface area contributed by atoms with Crippen molar-refractivity contribution in [1.29, 1.82) is 0 Å². The quantitative estimate of drug-likeness (QED) is 0.579. The summed E-state index contributed by atoms with van der Waals surface area (Å²) in [6.45, 7) is 0.820. The lowest BCUT2D eigenvalue weighted by atomic mass is 9.97. The first kappa shape index (κ1) is 18.4. The standard InChI is InChI=1S/C19H24N4O2S/c24-18(20-10-7-15-5-2-1-3-6-15)19(25)21-13-17(16-8-12-26-14-16)23-11-4-9-22-23/h4-5,8-9,11-12,14,17H,1-3,6-7,10,13H2,(H,20,24)(H,21,25). The third kappa shape index (κ3) is 5.05. The summed E-state index contributed by atoms with van der Waals surface area (Å²) in [5.41, 5.74) is 2.44. The van der Waals surface area contributed by atoms with E-state index in [9.17, 15) is 9.59 Å². The highest BCUT2D eigenvalue weighted by Crippen LogP contribution is 2.20. The molecule has 0 aliphatic heterocycles. The zero-order valence-electron chi connectivity index (χ0n) is 14.7. The van der Waals surface area contributed by atoms with Gasteiger partial charge in [-0.05, 0) is 60.6 Å². The molecule has 26 heavy (non-hydrogen) atoms. The van der Waals surface area contributed by atoms with Gasteiger partial charge in [0.25, 0.3) is 0 Å². The summed E-state index contributed by atoms with van der Waals surface area (Å²) in [4.78, 5) is 24.1. The van der Waals surface area contributed by atoms with Gasteiger partial charge in [0.1, 0.15) is 0 Å². The number of hydrogen-bond donors (Lipinski definition) is 2.